The van der Waals surface area contributed by atoms with E-state index >= 15 is 0 Å². The van der Waals surface area contributed by atoms with Crippen molar-refractivity contribution in [3.05, 3.63) is 57.5 Å². The summed E-state index contributed by atoms with van der Waals surface area (Å²) in [6.45, 7) is 0.466. The monoisotopic (exact) mass is 412 g/mol. The predicted octanol–water partition coefficient (Wildman–Crippen LogP) is 4.98. The first-order valence-corrected chi connectivity index (χ1v) is 8.08. The Kier molecular flexibility index (Phi) is 6.26. The minimum atomic E-state index is -0.266. The third-order valence-electron chi connectivity index (χ3n) is 2.68. The van der Waals surface area contributed by atoms with Crippen molar-refractivity contribution in [1.82, 2.24) is 0 Å². The van der Waals surface area contributed by atoms with Crippen LogP contribution >= 0.6 is 31.9 Å². The number of hydrogen-bond donors (Lipinski definition) is 0. The summed E-state index contributed by atoms with van der Waals surface area (Å²) < 4.78 is 12.5. The maximum atomic E-state index is 11.7. The predicted molar refractivity (Wildman–Crippen MR) is 88.6 cm³/mol. The van der Waals surface area contributed by atoms with Gasteiger partial charge in [0.25, 0.3) is 0 Å². The molecule has 21 heavy (non-hydrogen) atoms. The minimum Gasteiger partial charge on any atom is -0.492 e. The maximum Gasteiger partial charge on any atom is 0.311 e. The Morgan fingerprint density at radius 1 is 0.905 bits per heavy atom. The van der Waals surface area contributed by atoms with Gasteiger partial charge in [-0.15, -0.1) is 0 Å². The van der Waals surface area contributed by atoms with Crippen molar-refractivity contribution in [3.63, 3.8) is 0 Å². The van der Waals surface area contributed by atoms with E-state index in [1.54, 1.807) is 6.07 Å². The van der Waals surface area contributed by atoms with Crippen LogP contribution in [-0.4, -0.2) is 12.6 Å². The SMILES string of the molecule is O=C(CCCOc1ccccc1Br)Oc1ccccc1Br. The van der Waals surface area contributed by atoms with Crippen molar-refractivity contribution in [2.45, 2.75) is 12.8 Å². The van der Waals surface area contributed by atoms with Crippen LogP contribution < -0.4 is 9.47 Å². The van der Waals surface area contributed by atoms with E-state index in [1.165, 1.54) is 0 Å². The van der Waals surface area contributed by atoms with E-state index in [2.05, 4.69) is 31.9 Å². The van der Waals surface area contributed by atoms with Gasteiger partial charge in [-0.1, -0.05) is 24.3 Å². The van der Waals surface area contributed by atoms with Gasteiger partial charge in [0.15, 0.2) is 0 Å². The summed E-state index contributed by atoms with van der Waals surface area (Å²) >= 11 is 6.75. The molecule has 5 heteroatoms. The summed E-state index contributed by atoms with van der Waals surface area (Å²) in [6, 6.07) is 14.9. The second kappa shape index (κ2) is 8.20. The van der Waals surface area contributed by atoms with Crippen LogP contribution in [0.5, 0.6) is 11.5 Å². The molecule has 0 aliphatic heterocycles. The molecule has 0 bridgehead atoms. The molecule has 0 saturated heterocycles. The highest BCUT2D eigenvalue weighted by atomic mass is 79.9. The van der Waals surface area contributed by atoms with Crippen molar-refractivity contribution in [1.29, 1.82) is 0 Å². The number of carbonyl (C=O) groups is 1. The molecule has 0 saturated carbocycles. The molecule has 0 aliphatic rings. The van der Waals surface area contributed by atoms with Crippen LogP contribution in [-0.2, 0) is 4.79 Å². The smallest absolute Gasteiger partial charge is 0.311 e. The second-order valence-electron chi connectivity index (χ2n) is 4.29. The molecule has 0 unspecified atom stereocenters. The molecule has 2 aromatic rings. The summed E-state index contributed by atoms with van der Waals surface area (Å²) in [6.07, 6.45) is 0.913. The molecule has 2 aromatic carbocycles. The summed E-state index contributed by atoms with van der Waals surface area (Å²) in [4.78, 5) is 11.7. The average Bonchev–Trinajstić information content (AvgIpc) is 2.48. The lowest BCUT2D eigenvalue weighted by Gasteiger charge is -2.08. The molecule has 110 valence electrons. The van der Waals surface area contributed by atoms with Gasteiger partial charge in [-0.2, -0.15) is 0 Å². The minimum absolute atomic E-state index is 0.266. The standard InChI is InChI=1S/C16H14Br2O3/c17-12-6-1-3-8-14(12)20-11-5-10-16(19)21-15-9-4-2-7-13(15)18/h1-4,6-9H,5,10-11H2. The number of hydrogen-bond acceptors (Lipinski definition) is 3. The lowest BCUT2D eigenvalue weighted by atomic mass is 10.3. The van der Waals surface area contributed by atoms with E-state index in [4.69, 9.17) is 9.47 Å². The second-order valence-corrected chi connectivity index (χ2v) is 6.00. The van der Waals surface area contributed by atoms with Crippen molar-refractivity contribution >= 4 is 37.8 Å². The first-order valence-electron chi connectivity index (χ1n) is 6.49. The Bertz CT molecular complexity index is 614. The van der Waals surface area contributed by atoms with Crippen LogP contribution in [0.1, 0.15) is 12.8 Å². The largest absolute Gasteiger partial charge is 0.492 e. The zero-order valence-corrected chi connectivity index (χ0v) is 14.4. The van der Waals surface area contributed by atoms with Crippen molar-refractivity contribution in [2.75, 3.05) is 6.61 Å². The van der Waals surface area contributed by atoms with Gasteiger partial charge < -0.3 is 9.47 Å². The number of esters is 1. The molecule has 0 spiro atoms. The molecule has 0 amide bonds. The average molecular weight is 414 g/mol. The topological polar surface area (TPSA) is 35.5 Å². The summed E-state index contributed by atoms with van der Waals surface area (Å²) in [5.74, 6) is 1.04. The van der Waals surface area contributed by atoms with Crippen LogP contribution in [0.25, 0.3) is 0 Å². The van der Waals surface area contributed by atoms with Crippen molar-refractivity contribution in [2.24, 2.45) is 0 Å². The zero-order chi connectivity index (χ0) is 15.1. The van der Waals surface area contributed by atoms with Gasteiger partial charge in [-0.25, -0.2) is 0 Å². The van der Waals surface area contributed by atoms with Gasteiger partial charge in [0.05, 0.1) is 15.6 Å². The number of benzene rings is 2. The molecule has 0 aliphatic carbocycles. The van der Waals surface area contributed by atoms with Crippen molar-refractivity contribution < 1.29 is 14.3 Å². The zero-order valence-electron chi connectivity index (χ0n) is 11.2. The first kappa shape index (κ1) is 16.0. The molecule has 2 rings (SSSR count). The van der Waals surface area contributed by atoms with E-state index in [9.17, 15) is 4.79 Å². The molecule has 0 radical (unpaired) electrons. The fraction of sp³-hybridized carbons (Fsp3) is 0.188. The number of ether oxygens (including phenoxy) is 2. The summed E-state index contributed by atoms with van der Waals surface area (Å²) in [5, 5.41) is 0. The third-order valence-corrected chi connectivity index (χ3v) is 3.99. The third kappa shape index (κ3) is 5.17. The number of para-hydroxylation sites is 2. The van der Waals surface area contributed by atoms with Crippen LogP contribution in [0.15, 0.2) is 57.5 Å². The fourth-order valence-electron chi connectivity index (χ4n) is 1.66. The van der Waals surface area contributed by atoms with Gasteiger partial charge in [-0.05, 0) is 62.5 Å². The van der Waals surface area contributed by atoms with Gasteiger partial charge in [0.1, 0.15) is 11.5 Å². The quantitative estimate of drug-likeness (QED) is 0.380. The summed E-state index contributed by atoms with van der Waals surface area (Å²) in [7, 11) is 0. The molecular formula is C16H14Br2O3. The first-order chi connectivity index (χ1) is 10.2. The Balaban J connectivity index is 1.73. The van der Waals surface area contributed by atoms with Gasteiger partial charge in [-0.3, -0.25) is 4.79 Å². The van der Waals surface area contributed by atoms with E-state index in [0.29, 0.717) is 25.2 Å². The molecule has 0 aromatic heterocycles. The molecule has 0 fully saturated rings. The molecule has 0 N–H and O–H groups in total. The van der Waals surface area contributed by atoms with Crippen molar-refractivity contribution in [3.8, 4) is 11.5 Å². The highest BCUT2D eigenvalue weighted by molar-refractivity contribution is 9.10. The van der Waals surface area contributed by atoms with E-state index < -0.39 is 0 Å². The van der Waals surface area contributed by atoms with E-state index in [1.807, 2.05) is 42.5 Å². The highest BCUT2D eigenvalue weighted by Gasteiger charge is 2.07. The van der Waals surface area contributed by atoms with Crippen LogP contribution in [0, 0.1) is 0 Å². The lowest BCUT2D eigenvalue weighted by Crippen LogP contribution is -2.10. The number of carbonyl (C=O) groups excluding carboxylic acids is 1. The van der Waals surface area contributed by atoms with E-state index in [0.717, 1.165) is 14.7 Å². The molecule has 3 nitrogen and oxygen atoms in total. The van der Waals surface area contributed by atoms with E-state index in [-0.39, 0.29) is 5.97 Å². The normalized spacial score (nSPS) is 10.2. The Hall–Kier alpha value is -1.33. The Morgan fingerprint density at radius 3 is 2.10 bits per heavy atom. The van der Waals surface area contributed by atoms with Gasteiger partial charge in [0.2, 0.25) is 0 Å². The lowest BCUT2D eigenvalue weighted by molar-refractivity contribution is -0.134. The van der Waals surface area contributed by atoms with Crippen LogP contribution in [0.3, 0.4) is 0 Å². The van der Waals surface area contributed by atoms with Crippen LogP contribution in [0.2, 0.25) is 0 Å². The van der Waals surface area contributed by atoms with Crippen LogP contribution in [0.4, 0.5) is 0 Å². The molecule has 0 heterocycles. The molecular weight excluding hydrogens is 400 g/mol. The highest BCUT2D eigenvalue weighted by Crippen LogP contribution is 2.25. The molecule has 0 atom stereocenters. The van der Waals surface area contributed by atoms with Gasteiger partial charge in [0, 0.05) is 6.42 Å². The number of halogens is 2. The summed E-state index contributed by atoms with van der Waals surface area (Å²) in [5.41, 5.74) is 0. The van der Waals surface area contributed by atoms with Gasteiger partial charge >= 0.3 is 5.97 Å². The Morgan fingerprint density at radius 2 is 1.48 bits per heavy atom. The Labute approximate surface area is 140 Å². The number of rotatable bonds is 6. The fourth-order valence-corrected chi connectivity index (χ4v) is 2.43. The maximum absolute atomic E-state index is 11.7.